The molecule has 1 aliphatic carbocycles. The molecule has 0 heterocycles. The number of aliphatic hydroxyl groups is 1. The molecule has 1 amide bonds. The van der Waals surface area contributed by atoms with Crippen molar-refractivity contribution in [3.05, 3.63) is 30.3 Å². The molecule has 0 bridgehead atoms. The predicted octanol–water partition coefficient (Wildman–Crippen LogP) is 1.39. The Hall–Kier alpha value is -1.90. The number of nitriles is 1. The molecule has 0 saturated heterocycles. The highest BCUT2D eigenvalue weighted by Gasteiger charge is 2.27. The number of benzene rings is 1. The minimum absolute atomic E-state index is 0.0421. The molecule has 0 radical (unpaired) electrons. The Labute approximate surface area is 125 Å². The number of hydrogen-bond acceptors (Lipinski definition) is 4. The molecule has 0 aromatic heterocycles. The number of anilines is 1. The van der Waals surface area contributed by atoms with Crippen LogP contribution in [-0.2, 0) is 4.79 Å². The van der Waals surface area contributed by atoms with Crippen molar-refractivity contribution in [1.82, 2.24) is 4.90 Å². The van der Waals surface area contributed by atoms with Gasteiger partial charge in [-0.05, 0) is 25.0 Å². The van der Waals surface area contributed by atoms with Gasteiger partial charge in [-0.3, -0.25) is 14.6 Å². The lowest BCUT2D eigenvalue weighted by molar-refractivity contribution is -0.120. The molecule has 0 spiro atoms. The Bertz CT molecular complexity index is 494. The number of aliphatic hydroxyl groups excluding tert-OH is 1. The standard InChI is InChI=1S/C16H21N3O2/c17-9-10-19(15-5-2-1-3-6-15)16(21)13-18(11-12-20)14-7-4-8-14/h1-3,5-6,14,20H,4,7-8,10-13H2. The highest BCUT2D eigenvalue weighted by atomic mass is 16.3. The van der Waals surface area contributed by atoms with E-state index in [0.717, 1.165) is 18.5 Å². The van der Waals surface area contributed by atoms with Gasteiger partial charge in [-0.15, -0.1) is 0 Å². The van der Waals surface area contributed by atoms with Gasteiger partial charge in [0, 0.05) is 18.3 Å². The van der Waals surface area contributed by atoms with Crippen LogP contribution in [0.1, 0.15) is 19.3 Å². The first-order valence-electron chi connectivity index (χ1n) is 7.33. The Balaban J connectivity index is 2.05. The summed E-state index contributed by atoms with van der Waals surface area (Å²) < 4.78 is 0. The van der Waals surface area contributed by atoms with Crippen LogP contribution in [0.15, 0.2) is 30.3 Å². The largest absolute Gasteiger partial charge is 0.395 e. The molecule has 1 saturated carbocycles. The molecule has 1 N–H and O–H groups in total. The fraction of sp³-hybridized carbons (Fsp3) is 0.500. The Morgan fingerprint density at radius 2 is 2.05 bits per heavy atom. The number of hydrogen-bond donors (Lipinski definition) is 1. The highest BCUT2D eigenvalue weighted by Crippen LogP contribution is 2.24. The van der Waals surface area contributed by atoms with Gasteiger partial charge in [-0.25, -0.2) is 0 Å². The summed E-state index contributed by atoms with van der Waals surface area (Å²) in [6, 6.07) is 11.7. The van der Waals surface area contributed by atoms with Gasteiger partial charge in [0.05, 0.1) is 19.2 Å². The second-order valence-corrected chi connectivity index (χ2v) is 5.25. The van der Waals surface area contributed by atoms with Gasteiger partial charge in [-0.2, -0.15) is 5.26 Å². The van der Waals surface area contributed by atoms with Gasteiger partial charge >= 0.3 is 0 Å². The molecule has 0 atom stereocenters. The molecule has 5 nitrogen and oxygen atoms in total. The van der Waals surface area contributed by atoms with E-state index >= 15 is 0 Å². The quantitative estimate of drug-likeness (QED) is 0.770. The van der Waals surface area contributed by atoms with Gasteiger partial charge in [-0.1, -0.05) is 24.6 Å². The van der Waals surface area contributed by atoms with Gasteiger partial charge in [0.2, 0.25) is 5.91 Å². The molecule has 0 aliphatic heterocycles. The number of para-hydroxylation sites is 1. The average molecular weight is 287 g/mol. The van der Waals surface area contributed by atoms with E-state index in [1.807, 2.05) is 41.3 Å². The SMILES string of the molecule is N#CCN(C(=O)CN(CCO)C1CCC1)c1ccccc1. The van der Waals surface area contributed by atoms with Crippen molar-refractivity contribution < 1.29 is 9.90 Å². The maximum Gasteiger partial charge on any atom is 0.242 e. The normalized spacial score (nSPS) is 14.5. The lowest BCUT2D eigenvalue weighted by Crippen LogP contribution is -2.48. The maximum atomic E-state index is 12.5. The van der Waals surface area contributed by atoms with Crippen molar-refractivity contribution in [2.45, 2.75) is 25.3 Å². The molecule has 1 aliphatic rings. The van der Waals surface area contributed by atoms with E-state index in [4.69, 9.17) is 10.4 Å². The predicted molar refractivity (Wildman–Crippen MR) is 80.7 cm³/mol. The van der Waals surface area contributed by atoms with Gasteiger partial charge in [0.15, 0.2) is 0 Å². The fourth-order valence-corrected chi connectivity index (χ4v) is 2.53. The summed E-state index contributed by atoms with van der Waals surface area (Å²) in [5, 5.41) is 18.1. The third-order valence-electron chi connectivity index (χ3n) is 3.91. The number of carbonyl (C=O) groups excluding carboxylic acids is 1. The topological polar surface area (TPSA) is 67.6 Å². The summed E-state index contributed by atoms with van der Waals surface area (Å²) in [4.78, 5) is 16.0. The Kier molecular flexibility index (Phi) is 5.73. The van der Waals surface area contributed by atoms with Crippen LogP contribution in [-0.4, -0.2) is 48.2 Å². The first-order chi connectivity index (χ1) is 10.3. The number of amides is 1. The lowest BCUT2D eigenvalue weighted by atomic mass is 9.91. The lowest BCUT2D eigenvalue weighted by Gasteiger charge is -2.37. The van der Waals surface area contributed by atoms with Gasteiger partial charge < -0.3 is 5.11 Å². The fourth-order valence-electron chi connectivity index (χ4n) is 2.53. The zero-order valence-corrected chi connectivity index (χ0v) is 12.1. The van der Waals surface area contributed by atoms with Crippen LogP contribution in [0.5, 0.6) is 0 Å². The Morgan fingerprint density at radius 1 is 1.33 bits per heavy atom. The van der Waals surface area contributed by atoms with Crippen molar-refractivity contribution in [2.75, 3.05) is 31.1 Å². The van der Waals surface area contributed by atoms with Crippen molar-refractivity contribution in [3.8, 4) is 6.07 Å². The average Bonchev–Trinajstić information content (AvgIpc) is 2.44. The van der Waals surface area contributed by atoms with E-state index in [-0.39, 0.29) is 25.6 Å². The van der Waals surface area contributed by atoms with Crippen LogP contribution in [0, 0.1) is 11.3 Å². The number of nitrogens with zero attached hydrogens (tertiary/aromatic N) is 3. The summed E-state index contributed by atoms with van der Waals surface area (Å²) in [7, 11) is 0. The zero-order chi connectivity index (χ0) is 15.1. The molecule has 1 aromatic carbocycles. The summed E-state index contributed by atoms with van der Waals surface area (Å²) in [6.07, 6.45) is 3.34. The van der Waals surface area contributed by atoms with Crippen molar-refractivity contribution in [3.63, 3.8) is 0 Å². The zero-order valence-electron chi connectivity index (χ0n) is 12.1. The van der Waals surface area contributed by atoms with Crippen LogP contribution in [0.25, 0.3) is 0 Å². The molecule has 1 fully saturated rings. The highest BCUT2D eigenvalue weighted by molar-refractivity contribution is 5.95. The first kappa shape index (κ1) is 15.5. The summed E-state index contributed by atoms with van der Waals surface area (Å²) in [5.74, 6) is -0.0944. The van der Waals surface area contributed by atoms with E-state index < -0.39 is 0 Å². The number of carbonyl (C=O) groups is 1. The van der Waals surface area contributed by atoms with Crippen LogP contribution in [0.3, 0.4) is 0 Å². The van der Waals surface area contributed by atoms with E-state index in [9.17, 15) is 4.79 Å². The third-order valence-corrected chi connectivity index (χ3v) is 3.91. The summed E-state index contributed by atoms with van der Waals surface area (Å²) >= 11 is 0. The monoisotopic (exact) mass is 287 g/mol. The van der Waals surface area contributed by atoms with Crippen LogP contribution in [0.4, 0.5) is 5.69 Å². The van der Waals surface area contributed by atoms with Crippen LogP contribution < -0.4 is 4.90 Å². The summed E-state index contributed by atoms with van der Waals surface area (Å²) in [5.41, 5.74) is 0.738. The molecule has 2 rings (SSSR count). The molecular formula is C16H21N3O2. The Morgan fingerprint density at radius 3 is 2.57 bits per heavy atom. The molecule has 1 aromatic rings. The molecule has 21 heavy (non-hydrogen) atoms. The van der Waals surface area contributed by atoms with E-state index in [1.165, 1.54) is 11.3 Å². The van der Waals surface area contributed by atoms with Crippen LogP contribution in [0.2, 0.25) is 0 Å². The molecule has 112 valence electrons. The first-order valence-corrected chi connectivity index (χ1v) is 7.33. The van der Waals surface area contributed by atoms with Crippen molar-refractivity contribution in [2.24, 2.45) is 0 Å². The molecular weight excluding hydrogens is 266 g/mol. The second kappa shape index (κ2) is 7.77. The minimum Gasteiger partial charge on any atom is -0.395 e. The molecule has 0 unspecified atom stereocenters. The van der Waals surface area contributed by atoms with E-state index in [0.29, 0.717) is 12.6 Å². The summed E-state index contributed by atoms with van der Waals surface area (Å²) in [6.45, 7) is 0.848. The van der Waals surface area contributed by atoms with Crippen molar-refractivity contribution in [1.29, 1.82) is 5.26 Å². The van der Waals surface area contributed by atoms with Crippen LogP contribution >= 0.6 is 0 Å². The van der Waals surface area contributed by atoms with E-state index in [2.05, 4.69) is 0 Å². The second-order valence-electron chi connectivity index (χ2n) is 5.25. The maximum absolute atomic E-state index is 12.5. The smallest absolute Gasteiger partial charge is 0.242 e. The number of rotatable bonds is 7. The van der Waals surface area contributed by atoms with Crippen molar-refractivity contribution >= 4 is 11.6 Å². The molecule has 5 heteroatoms. The van der Waals surface area contributed by atoms with Gasteiger partial charge in [0.25, 0.3) is 0 Å². The minimum atomic E-state index is -0.0944. The van der Waals surface area contributed by atoms with E-state index in [1.54, 1.807) is 0 Å². The third kappa shape index (κ3) is 4.03. The van der Waals surface area contributed by atoms with Gasteiger partial charge in [0.1, 0.15) is 6.54 Å².